The lowest BCUT2D eigenvalue weighted by molar-refractivity contribution is -0.132. The number of halogens is 1. The van der Waals surface area contributed by atoms with Crippen LogP contribution in [0.1, 0.15) is 6.92 Å². The number of carbonyl (C=O) groups is 1. The highest BCUT2D eigenvalue weighted by molar-refractivity contribution is 7.89. The second-order valence-corrected chi connectivity index (χ2v) is 9.33. The predicted octanol–water partition coefficient (Wildman–Crippen LogP) is 2.99. The zero-order valence-corrected chi connectivity index (χ0v) is 18.0. The summed E-state index contributed by atoms with van der Waals surface area (Å²) in [6.45, 7) is 3.31. The molecule has 0 aromatic heterocycles. The summed E-state index contributed by atoms with van der Waals surface area (Å²) in [5.74, 6) is -0.587. The number of benzene rings is 3. The summed E-state index contributed by atoms with van der Waals surface area (Å²) < 4.78 is 42.1. The molecule has 3 aromatic carbocycles. The van der Waals surface area contributed by atoms with E-state index in [1.807, 2.05) is 29.2 Å². The molecule has 1 fully saturated rings. The summed E-state index contributed by atoms with van der Waals surface area (Å²) in [4.78, 5) is 16.5. The van der Waals surface area contributed by atoms with Crippen molar-refractivity contribution < 1.29 is 17.6 Å². The Morgan fingerprint density at radius 3 is 2.29 bits per heavy atom. The third kappa shape index (κ3) is 4.55. The Morgan fingerprint density at radius 1 is 0.935 bits per heavy atom. The lowest BCUT2D eigenvalue weighted by atomic mass is 10.1. The van der Waals surface area contributed by atoms with Crippen LogP contribution in [0.15, 0.2) is 71.6 Å². The number of amides is 1. The molecule has 6 nitrogen and oxygen atoms in total. The lowest BCUT2D eigenvalue weighted by Gasteiger charge is -2.37. The van der Waals surface area contributed by atoms with Gasteiger partial charge in [-0.2, -0.15) is 4.72 Å². The van der Waals surface area contributed by atoms with Gasteiger partial charge in [-0.05, 0) is 42.0 Å². The zero-order chi connectivity index (χ0) is 22.0. The largest absolute Gasteiger partial charge is 0.366 e. The van der Waals surface area contributed by atoms with Gasteiger partial charge in [0.25, 0.3) is 0 Å². The van der Waals surface area contributed by atoms with Crippen molar-refractivity contribution in [2.24, 2.45) is 0 Å². The summed E-state index contributed by atoms with van der Waals surface area (Å²) in [6.07, 6.45) is 0. The van der Waals surface area contributed by atoms with Crippen LogP contribution in [-0.4, -0.2) is 51.4 Å². The molecule has 162 valence electrons. The maximum atomic E-state index is 14.0. The fourth-order valence-electron chi connectivity index (χ4n) is 3.84. The Balaban J connectivity index is 1.40. The van der Waals surface area contributed by atoms with Gasteiger partial charge in [0.2, 0.25) is 15.9 Å². The van der Waals surface area contributed by atoms with Gasteiger partial charge in [0.1, 0.15) is 5.82 Å². The van der Waals surface area contributed by atoms with Crippen molar-refractivity contribution in [3.63, 3.8) is 0 Å². The van der Waals surface area contributed by atoms with E-state index in [9.17, 15) is 17.6 Å². The Hall–Kier alpha value is -2.97. The molecule has 0 unspecified atom stereocenters. The predicted molar refractivity (Wildman–Crippen MR) is 119 cm³/mol. The second-order valence-electron chi connectivity index (χ2n) is 7.62. The van der Waals surface area contributed by atoms with Crippen molar-refractivity contribution in [2.45, 2.75) is 17.9 Å². The van der Waals surface area contributed by atoms with Gasteiger partial charge in [-0.1, -0.05) is 42.5 Å². The molecule has 0 spiro atoms. The summed E-state index contributed by atoms with van der Waals surface area (Å²) >= 11 is 0. The minimum Gasteiger partial charge on any atom is -0.366 e. The second kappa shape index (κ2) is 8.64. The van der Waals surface area contributed by atoms with Crippen LogP contribution in [-0.2, 0) is 14.8 Å². The highest BCUT2D eigenvalue weighted by Crippen LogP contribution is 2.21. The van der Waals surface area contributed by atoms with E-state index in [0.717, 1.165) is 10.8 Å². The molecule has 4 rings (SSSR count). The number of anilines is 1. The van der Waals surface area contributed by atoms with Gasteiger partial charge in [0.15, 0.2) is 0 Å². The van der Waals surface area contributed by atoms with Crippen LogP contribution in [0.2, 0.25) is 0 Å². The molecule has 0 radical (unpaired) electrons. The molecule has 8 heteroatoms. The molecule has 0 bridgehead atoms. The van der Waals surface area contributed by atoms with E-state index >= 15 is 0 Å². The Morgan fingerprint density at radius 2 is 1.58 bits per heavy atom. The molecule has 1 N–H and O–H groups in total. The van der Waals surface area contributed by atoms with Crippen LogP contribution in [0.3, 0.4) is 0 Å². The number of sulfonamides is 1. The number of para-hydroxylation sites is 1. The van der Waals surface area contributed by atoms with E-state index in [2.05, 4.69) is 4.72 Å². The Labute approximate surface area is 181 Å². The normalized spacial score (nSPS) is 15.8. The first-order valence-electron chi connectivity index (χ1n) is 10.1. The van der Waals surface area contributed by atoms with E-state index < -0.39 is 16.1 Å². The Kier molecular flexibility index (Phi) is 5.93. The Bertz CT molecular complexity index is 1210. The van der Waals surface area contributed by atoms with Gasteiger partial charge >= 0.3 is 0 Å². The van der Waals surface area contributed by atoms with Gasteiger partial charge < -0.3 is 9.80 Å². The van der Waals surface area contributed by atoms with Crippen molar-refractivity contribution in [1.82, 2.24) is 9.62 Å². The molecule has 1 amide bonds. The lowest BCUT2D eigenvalue weighted by Crippen LogP contribution is -2.54. The van der Waals surface area contributed by atoms with E-state index in [4.69, 9.17) is 0 Å². The van der Waals surface area contributed by atoms with Crippen molar-refractivity contribution >= 4 is 32.4 Å². The molecule has 1 aliphatic heterocycles. The third-order valence-corrected chi connectivity index (χ3v) is 7.06. The maximum absolute atomic E-state index is 14.0. The number of rotatable bonds is 5. The van der Waals surface area contributed by atoms with E-state index in [1.165, 1.54) is 12.1 Å². The number of nitrogens with zero attached hydrogens (tertiary/aromatic N) is 2. The number of hydrogen-bond donors (Lipinski definition) is 1. The smallest absolute Gasteiger partial charge is 0.241 e. The van der Waals surface area contributed by atoms with Crippen LogP contribution in [0.4, 0.5) is 10.1 Å². The van der Waals surface area contributed by atoms with Crippen LogP contribution in [0.5, 0.6) is 0 Å². The first-order chi connectivity index (χ1) is 14.8. The summed E-state index contributed by atoms with van der Waals surface area (Å²) in [6, 6.07) is 18.0. The minimum absolute atomic E-state index is 0.121. The minimum atomic E-state index is -3.85. The molecule has 3 aromatic rings. The molecule has 0 saturated carbocycles. The van der Waals surface area contributed by atoms with Gasteiger partial charge in [-0.15, -0.1) is 0 Å². The van der Waals surface area contributed by atoms with Crippen LogP contribution in [0, 0.1) is 5.82 Å². The highest BCUT2D eigenvalue weighted by atomic mass is 32.2. The standard InChI is InChI=1S/C23H24FN3O3S/c1-17(25-31(29,30)20-11-10-18-6-2-3-7-19(18)16-20)23(28)27-14-12-26(13-15-27)22-9-5-4-8-21(22)24/h2-11,16-17,25H,12-15H2,1H3/t17-/m0/s1. The molecule has 1 saturated heterocycles. The summed E-state index contributed by atoms with van der Waals surface area (Å²) in [5.41, 5.74) is 0.514. The average Bonchev–Trinajstić information content (AvgIpc) is 2.78. The SMILES string of the molecule is C[C@H](NS(=O)(=O)c1ccc2ccccc2c1)C(=O)N1CCN(c2ccccc2F)CC1. The van der Waals surface area contributed by atoms with E-state index in [-0.39, 0.29) is 16.6 Å². The monoisotopic (exact) mass is 441 g/mol. The fourth-order valence-corrected chi connectivity index (χ4v) is 5.07. The van der Waals surface area contributed by atoms with E-state index in [0.29, 0.717) is 31.9 Å². The molecule has 0 aliphatic carbocycles. The van der Waals surface area contributed by atoms with Crippen LogP contribution >= 0.6 is 0 Å². The fraction of sp³-hybridized carbons (Fsp3) is 0.261. The number of hydrogen-bond acceptors (Lipinski definition) is 4. The summed E-state index contributed by atoms with van der Waals surface area (Å²) in [7, 11) is -3.85. The van der Waals surface area contributed by atoms with Crippen molar-refractivity contribution in [1.29, 1.82) is 0 Å². The number of nitrogens with one attached hydrogen (secondary N) is 1. The molecule has 31 heavy (non-hydrogen) atoms. The highest BCUT2D eigenvalue weighted by Gasteiger charge is 2.29. The van der Waals surface area contributed by atoms with Crippen LogP contribution in [0.25, 0.3) is 10.8 Å². The van der Waals surface area contributed by atoms with Gasteiger partial charge in [-0.25, -0.2) is 12.8 Å². The third-order valence-electron chi connectivity index (χ3n) is 5.52. The van der Waals surface area contributed by atoms with Crippen LogP contribution < -0.4 is 9.62 Å². The first kappa shape index (κ1) is 21.3. The molecule has 1 aliphatic rings. The maximum Gasteiger partial charge on any atom is 0.241 e. The average molecular weight is 442 g/mol. The first-order valence-corrected chi connectivity index (χ1v) is 11.6. The van der Waals surface area contributed by atoms with Crippen molar-refractivity contribution in [3.8, 4) is 0 Å². The van der Waals surface area contributed by atoms with Crippen molar-refractivity contribution in [2.75, 3.05) is 31.1 Å². The number of fused-ring (bicyclic) bond motifs is 1. The van der Waals surface area contributed by atoms with Gasteiger partial charge in [0.05, 0.1) is 16.6 Å². The quantitative estimate of drug-likeness (QED) is 0.661. The van der Waals surface area contributed by atoms with Gasteiger partial charge in [-0.3, -0.25) is 4.79 Å². The summed E-state index contributed by atoms with van der Waals surface area (Å²) in [5, 5.41) is 1.76. The zero-order valence-electron chi connectivity index (χ0n) is 17.2. The number of carbonyl (C=O) groups excluding carboxylic acids is 1. The molecule has 1 heterocycles. The van der Waals surface area contributed by atoms with E-state index in [1.54, 1.807) is 42.2 Å². The van der Waals surface area contributed by atoms with Gasteiger partial charge in [0, 0.05) is 26.2 Å². The molecular formula is C23H24FN3O3S. The molecular weight excluding hydrogens is 417 g/mol. The topological polar surface area (TPSA) is 69.7 Å². The molecule has 1 atom stereocenters. The number of piperazine rings is 1. The van der Waals surface area contributed by atoms with Crippen molar-refractivity contribution in [3.05, 3.63) is 72.5 Å².